The van der Waals surface area contributed by atoms with Gasteiger partial charge in [-0.05, 0) is 132 Å². The SMILES string of the molecule is C[SiH](C)c1ccc(N(c2ccc(C(C)(C)C)cc2)c2cc3c(c4c2oc2cc(N(c5ccc(C(C)(C)C)cc5)c5ccc([Si](C)(C)C)cc5)ccc24)-c2c(c4ccccc4c4ccccc24)C3(C)C)cc1. The summed E-state index contributed by atoms with van der Waals surface area (Å²) >= 11 is 0. The highest BCUT2D eigenvalue weighted by atomic mass is 28.3. The van der Waals surface area contributed by atoms with E-state index in [1.165, 1.54) is 65.3 Å². The molecule has 71 heavy (non-hydrogen) atoms. The van der Waals surface area contributed by atoms with E-state index in [4.69, 9.17) is 4.42 Å². The van der Waals surface area contributed by atoms with Crippen LogP contribution in [0.25, 0.3) is 54.6 Å². The Bertz CT molecular complexity index is 3620. The van der Waals surface area contributed by atoms with Crippen molar-refractivity contribution < 1.29 is 4.42 Å². The predicted octanol–water partition coefficient (Wildman–Crippen LogP) is 18.0. The molecule has 0 aliphatic heterocycles. The molecule has 1 aromatic heterocycles. The van der Waals surface area contributed by atoms with E-state index in [0.717, 1.165) is 56.1 Å². The summed E-state index contributed by atoms with van der Waals surface area (Å²) in [6.45, 7) is 30.7. The lowest BCUT2D eigenvalue weighted by atomic mass is 9.79. The Morgan fingerprint density at radius 3 is 1.46 bits per heavy atom. The highest BCUT2D eigenvalue weighted by molar-refractivity contribution is 6.88. The monoisotopic (exact) mass is 960 g/mol. The first-order chi connectivity index (χ1) is 33.7. The molecule has 9 aromatic carbocycles. The lowest BCUT2D eigenvalue weighted by Gasteiger charge is -2.29. The van der Waals surface area contributed by atoms with Crippen LogP contribution >= 0.6 is 0 Å². The Labute approximate surface area is 424 Å². The zero-order chi connectivity index (χ0) is 49.9. The van der Waals surface area contributed by atoms with E-state index in [1.54, 1.807) is 0 Å². The molecule has 0 unspecified atom stereocenters. The third-order valence-electron chi connectivity index (χ3n) is 15.5. The van der Waals surface area contributed by atoms with E-state index in [1.807, 2.05) is 0 Å². The highest BCUT2D eigenvalue weighted by Crippen LogP contribution is 2.60. The molecule has 0 saturated heterocycles. The van der Waals surface area contributed by atoms with Crippen LogP contribution in [0, 0.1) is 0 Å². The fourth-order valence-electron chi connectivity index (χ4n) is 11.4. The highest BCUT2D eigenvalue weighted by Gasteiger charge is 2.42. The molecule has 10 aromatic rings. The number of fused-ring (bicyclic) bond motifs is 12. The molecule has 11 rings (SSSR count). The molecule has 356 valence electrons. The number of hydrogen-bond donors (Lipinski definition) is 0. The maximum atomic E-state index is 7.59. The molecule has 0 amide bonds. The van der Waals surface area contributed by atoms with Gasteiger partial charge < -0.3 is 14.2 Å². The van der Waals surface area contributed by atoms with Gasteiger partial charge in [0, 0.05) is 50.7 Å². The maximum absolute atomic E-state index is 7.59. The first-order valence-corrected chi connectivity index (χ1v) is 32.1. The average Bonchev–Trinajstić information content (AvgIpc) is 3.83. The van der Waals surface area contributed by atoms with Crippen molar-refractivity contribution in [2.24, 2.45) is 0 Å². The summed E-state index contributed by atoms with van der Waals surface area (Å²) in [6.07, 6.45) is 0. The third-order valence-corrected chi connectivity index (χ3v) is 19.3. The van der Waals surface area contributed by atoms with Crippen LogP contribution in [0.3, 0.4) is 0 Å². The molecular weight excluding hydrogens is 893 g/mol. The molecule has 0 radical (unpaired) electrons. The first kappa shape index (κ1) is 46.7. The van der Waals surface area contributed by atoms with Gasteiger partial charge in [-0.3, -0.25) is 0 Å². The van der Waals surface area contributed by atoms with Crippen LogP contribution in [0.15, 0.2) is 174 Å². The second-order valence-corrected chi connectivity index (χ2v) is 32.1. The van der Waals surface area contributed by atoms with Gasteiger partial charge in [0.15, 0.2) is 5.58 Å². The van der Waals surface area contributed by atoms with Crippen LogP contribution in [0.4, 0.5) is 34.1 Å². The Hall–Kier alpha value is -6.67. The number of nitrogens with zero attached hydrogens (tertiary/aromatic N) is 2. The van der Waals surface area contributed by atoms with Crippen LogP contribution in [0.2, 0.25) is 32.7 Å². The van der Waals surface area contributed by atoms with Gasteiger partial charge in [0.1, 0.15) is 5.58 Å². The van der Waals surface area contributed by atoms with E-state index >= 15 is 0 Å². The van der Waals surface area contributed by atoms with Gasteiger partial charge >= 0.3 is 0 Å². The molecule has 0 saturated carbocycles. The van der Waals surface area contributed by atoms with Crippen LogP contribution in [0.1, 0.15) is 77.6 Å². The minimum absolute atomic E-state index is 0.0183. The second kappa shape index (κ2) is 16.7. The van der Waals surface area contributed by atoms with E-state index in [2.05, 4.69) is 268 Å². The summed E-state index contributed by atoms with van der Waals surface area (Å²) in [4.78, 5) is 4.86. The average molecular weight is 961 g/mol. The zero-order valence-electron chi connectivity index (χ0n) is 44.0. The minimum Gasteiger partial charge on any atom is -0.454 e. The van der Waals surface area contributed by atoms with Crippen molar-refractivity contribution in [2.75, 3.05) is 9.80 Å². The quantitative estimate of drug-likeness (QED) is 0.112. The van der Waals surface area contributed by atoms with Gasteiger partial charge in [-0.25, -0.2) is 0 Å². The number of benzene rings is 9. The molecule has 0 atom stereocenters. The summed E-state index contributed by atoms with van der Waals surface area (Å²) in [6, 6.07) is 64.6. The minimum atomic E-state index is -1.53. The molecule has 3 nitrogen and oxygen atoms in total. The first-order valence-electron chi connectivity index (χ1n) is 25.7. The fourth-order valence-corrected chi connectivity index (χ4v) is 13.5. The standard InChI is InChI=1S/C66H68N2OSi2/c1-64(2,3)42-22-26-44(27-23-42)67(45-32-37-50(38-33-45)71(11,12)13)48-34-39-55-58(40-48)69-63-57(68(47-30-35-49(36-31-47)70(9)10)46-28-24-43(25-29-46)65(4,5)6)41-56-61(60(55)63)59-53-20-16-14-18-51(53)52-19-15-17-21-54(52)62(59)66(56,7)8/h14-41,70H,1-13H3. The van der Waals surface area contributed by atoms with Crippen molar-refractivity contribution in [3.8, 4) is 11.1 Å². The third kappa shape index (κ3) is 7.84. The summed E-state index contributed by atoms with van der Waals surface area (Å²) < 4.78 is 7.59. The summed E-state index contributed by atoms with van der Waals surface area (Å²) in [5, 5.41) is 10.3. The van der Waals surface area contributed by atoms with Crippen molar-refractivity contribution in [3.63, 3.8) is 0 Å². The Morgan fingerprint density at radius 2 is 0.944 bits per heavy atom. The van der Waals surface area contributed by atoms with Gasteiger partial charge in [-0.2, -0.15) is 0 Å². The molecule has 0 fully saturated rings. The molecule has 0 spiro atoms. The van der Waals surface area contributed by atoms with Crippen LogP contribution in [0.5, 0.6) is 0 Å². The number of rotatable bonds is 8. The van der Waals surface area contributed by atoms with Gasteiger partial charge in [-0.15, -0.1) is 0 Å². The number of furan rings is 1. The normalized spacial score (nSPS) is 13.7. The van der Waals surface area contributed by atoms with Gasteiger partial charge in [0.05, 0.1) is 22.6 Å². The Morgan fingerprint density at radius 1 is 0.479 bits per heavy atom. The maximum Gasteiger partial charge on any atom is 0.160 e. The summed E-state index contributed by atoms with van der Waals surface area (Å²) in [7, 11) is -2.57. The van der Waals surface area contributed by atoms with Crippen molar-refractivity contribution in [2.45, 2.75) is 104 Å². The van der Waals surface area contributed by atoms with E-state index in [9.17, 15) is 0 Å². The molecule has 0 bridgehead atoms. The molecule has 1 aliphatic carbocycles. The van der Waals surface area contributed by atoms with Crippen LogP contribution in [-0.2, 0) is 16.2 Å². The van der Waals surface area contributed by atoms with Crippen molar-refractivity contribution in [1.29, 1.82) is 0 Å². The topological polar surface area (TPSA) is 19.6 Å². The van der Waals surface area contributed by atoms with E-state index < -0.39 is 16.9 Å². The molecule has 1 aliphatic rings. The van der Waals surface area contributed by atoms with Crippen molar-refractivity contribution in [3.05, 3.63) is 192 Å². The zero-order valence-corrected chi connectivity index (χ0v) is 46.2. The number of anilines is 6. The van der Waals surface area contributed by atoms with Gasteiger partial charge in [-0.1, -0.05) is 196 Å². The molecule has 0 N–H and O–H groups in total. The Balaban J connectivity index is 1.23. The largest absolute Gasteiger partial charge is 0.454 e. The summed E-state index contributed by atoms with van der Waals surface area (Å²) in [5.74, 6) is 0. The van der Waals surface area contributed by atoms with E-state index in [0.29, 0.717) is 0 Å². The lowest BCUT2D eigenvalue weighted by molar-refractivity contribution is 0.590. The number of hydrogen-bond acceptors (Lipinski definition) is 3. The molecule has 5 heteroatoms. The molecule has 1 heterocycles. The van der Waals surface area contributed by atoms with E-state index in [-0.39, 0.29) is 16.2 Å². The summed E-state index contributed by atoms with van der Waals surface area (Å²) in [5.41, 5.74) is 15.9. The smallest absolute Gasteiger partial charge is 0.160 e. The predicted molar refractivity (Wildman–Crippen MR) is 315 cm³/mol. The van der Waals surface area contributed by atoms with Crippen molar-refractivity contribution in [1.82, 2.24) is 0 Å². The van der Waals surface area contributed by atoms with Gasteiger partial charge in [0.2, 0.25) is 0 Å². The van der Waals surface area contributed by atoms with Crippen LogP contribution in [-0.4, -0.2) is 16.9 Å². The fraction of sp³-hybridized carbons (Fsp3) is 0.242. The lowest BCUT2D eigenvalue weighted by Crippen LogP contribution is -2.37. The molecular formula is C66H68N2OSi2. The van der Waals surface area contributed by atoms with Gasteiger partial charge in [0.25, 0.3) is 0 Å². The van der Waals surface area contributed by atoms with Crippen LogP contribution < -0.4 is 20.2 Å². The second-order valence-electron chi connectivity index (χ2n) is 24.1. The van der Waals surface area contributed by atoms with Crippen molar-refractivity contribution >= 4 is 105 Å². The Kier molecular flexibility index (Phi) is 11.0.